The number of hydrogen-bond donors (Lipinski definition) is 3. The zero-order valence-electron chi connectivity index (χ0n) is 18.2. The number of nitrogens with one attached hydrogen (secondary N) is 3. The summed E-state index contributed by atoms with van der Waals surface area (Å²) in [5.41, 5.74) is 14.5. The van der Waals surface area contributed by atoms with Crippen LogP contribution in [0.25, 0.3) is 0 Å². The third-order valence-corrected chi connectivity index (χ3v) is 4.75. The first-order valence-corrected chi connectivity index (χ1v) is 10.8. The van der Waals surface area contributed by atoms with Crippen LogP contribution >= 0.6 is 0 Å². The van der Waals surface area contributed by atoms with Gasteiger partial charge < -0.3 is 0 Å². The summed E-state index contributed by atoms with van der Waals surface area (Å²) in [6.45, 7) is 1.32. The van der Waals surface area contributed by atoms with E-state index in [-0.39, 0.29) is 0 Å². The van der Waals surface area contributed by atoms with Crippen molar-refractivity contribution < 1.29 is 14.5 Å². The smallest absolute Gasteiger partial charge is 0.0996 e. The molecule has 0 heterocycles. The minimum absolute atomic E-state index is 0.441. The van der Waals surface area contributed by atoms with Gasteiger partial charge in [-0.2, -0.15) is 0 Å². The SMILES string of the molecule is c1ccc(CONc2cc(NOCc3ccccc3)cc(NOCc3ccccc3)c2)cc1. The molecule has 0 saturated carbocycles. The van der Waals surface area contributed by atoms with Crippen molar-refractivity contribution in [3.8, 4) is 0 Å². The van der Waals surface area contributed by atoms with Crippen LogP contribution in [0.2, 0.25) is 0 Å². The van der Waals surface area contributed by atoms with Gasteiger partial charge in [0.2, 0.25) is 0 Å². The van der Waals surface area contributed by atoms with Gasteiger partial charge in [0.1, 0.15) is 0 Å². The van der Waals surface area contributed by atoms with E-state index in [2.05, 4.69) is 16.4 Å². The molecule has 0 bridgehead atoms. The first-order chi connectivity index (χ1) is 16.3. The quantitative estimate of drug-likeness (QED) is 0.224. The lowest BCUT2D eigenvalue weighted by atomic mass is 10.2. The van der Waals surface area contributed by atoms with E-state index in [9.17, 15) is 0 Å². The van der Waals surface area contributed by atoms with E-state index in [1.807, 2.05) is 109 Å². The fourth-order valence-corrected chi connectivity index (χ4v) is 3.14. The van der Waals surface area contributed by atoms with E-state index < -0.39 is 0 Å². The number of hydrogen-bond acceptors (Lipinski definition) is 6. The van der Waals surface area contributed by atoms with Crippen LogP contribution in [0, 0.1) is 0 Å². The van der Waals surface area contributed by atoms with Gasteiger partial charge >= 0.3 is 0 Å². The van der Waals surface area contributed by atoms with E-state index in [1.165, 1.54) is 0 Å². The molecule has 0 saturated heterocycles. The summed E-state index contributed by atoms with van der Waals surface area (Å²) < 4.78 is 0. The van der Waals surface area contributed by atoms with E-state index in [1.54, 1.807) is 0 Å². The van der Waals surface area contributed by atoms with Crippen molar-refractivity contribution in [2.45, 2.75) is 19.8 Å². The third-order valence-electron chi connectivity index (χ3n) is 4.75. The summed E-state index contributed by atoms with van der Waals surface area (Å²) in [6, 6.07) is 35.7. The maximum absolute atomic E-state index is 5.68. The molecule has 3 N–H and O–H groups in total. The van der Waals surface area contributed by atoms with Gasteiger partial charge in [-0.25, -0.2) is 0 Å². The molecule has 0 aliphatic rings. The van der Waals surface area contributed by atoms with Crippen LogP contribution < -0.4 is 16.4 Å². The zero-order chi connectivity index (χ0) is 22.6. The average molecular weight is 442 g/mol. The predicted molar refractivity (Wildman–Crippen MR) is 131 cm³/mol. The fraction of sp³-hybridized carbons (Fsp3) is 0.111. The van der Waals surface area contributed by atoms with Crippen LogP contribution in [0.15, 0.2) is 109 Å². The van der Waals surface area contributed by atoms with Crippen molar-refractivity contribution in [2.24, 2.45) is 0 Å². The Morgan fingerprint density at radius 1 is 0.394 bits per heavy atom. The maximum Gasteiger partial charge on any atom is 0.0996 e. The molecule has 33 heavy (non-hydrogen) atoms. The second kappa shape index (κ2) is 12.3. The largest absolute Gasteiger partial charge is 0.271 e. The molecule has 168 valence electrons. The molecule has 0 radical (unpaired) electrons. The molecule has 4 rings (SSSR count). The van der Waals surface area contributed by atoms with Crippen LogP contribution in [0.5, 0.6) is 0 Å². The highest BCUT2D eigenvalue weighted by molar-refractivity contribution is 5.65. The molecule has 0 amide bonds. The van der Waals surface area contributed by atoms with Gasteiger partial charge in [-0.15, -0.1) is 0 Å². The van der Waals surface area contributed by atoms with Crippen LogP contribution in [0.4, 0.5) is 17.1 Å². The topological polar surface area (TPSA) is 63.8 Å². The summed E-state index contributed by atoms with van der Waals surface area (Å²) in [5, 5.41) is 0. The normalized spacial score (nSPS) is 10.5. The predicted octanol–water partition coefficient (Wildman–Crippen LogP) is 6.32. The Kier molecular flexibility index (Phi) is 8.31. The van der Waals surface area contributed by atoms with Crippen molar-refractivity contribution in [1.82, 2.24) is 0 Å². The molecular formula is C27H27N3O3. The molecule has 0 atom stereocenters. The number of anilines is 3. The molecule has 0 aromatic heterocycles. The van der Waals surface area contributed by atoms with Gasteiger partial charge in [0.05, 0.1) is 36.9 Å². The standard InChI is InChI=1S/C27H27N3O3/c1-4-10-22(11-5-1)19-31-28-25-16-26(29-32-20-23-12-6-2-7-13-23)18-27(17-25)30-33-21-24-14-8-3-9-15-24/h1-18,28-30H,19-21H2. The molecule has 4 aromatic carbocycles. The highest BCUT2D eigenvalue weighted by atomic mass is 16.7. The Hall–Kier alpha value is -3.84. The van der Waals surface area contributed by atoms with Gasteiger partial charge in [-0.3, -0.25) is 31.0 Å². The fourth-order valence-electron chi connectivity index (χ4n) is 3.14. The second-order valence-corrected chi connectivity index (χ2v) is 7.43. The molecule has 0 fully saturated rings. The van der Waals surface area contributed by atoms with Crippen molar-refractivity contribution in [3.63, 3.8) is 0 Å². The monoisotopic (exact) mass is 441 g/mol. The Morgan fingerprint density at radius 2 is 0.667 bits per heavy atom. The molecule has 4 aromatic rings. The van der Waals surface area contributed by atoms with Crippen molar-refractivity contribution in [3.05, 3.63) is 126 Å². The Balaban J connectivity index is 1.37. The highest BCUT2D eigenvalue weighted by Gasteiger charge is 2.04. The Morgan fingerprint density at radius 3 is 0.939 bits per heavy atom. The van der Waals surface area contributed by atoms with Crippen LogP contribution in [0.1, 0.15) is 16.7 Å². The van der Waals surface area contributed by atoms with Crippen molar-refractivity contribution in [1.29, 1.82) is 0 Å². The van der Waals surface area contributed by atoms with E-state index in [0.717, 1.165) is 33.8 Å². The van der Waals surface area contributed by atoms with Gasteiger partial charge in [0.15, 0.2) is 0 Å². The summed E-state index contributed by atoms with van der Waals surface area (Å²) in [4.78, 5) is 17.0. The number of rotatable bonds is 12. The van der Waals surface area contributed by atoms with Crippen LogP contribution in [-0.2, 0) is 34.3 Å². The van der Waals surface area contributed by atoms with Crippen molar-refractivity contribution >= 4 is 17.1 Å². The molecule has 0 unspecified atom stereocenters. The lowest BCUT2D eigenvalue weighted by molar-refractivity contribution is 0.176. The summed E-state index contributed by atoms with van der Waals surface area (Å²) in [5.74, 6) is 0. The van der Waals surface area contributed by atoms with Crippen LogP contribution in [0.3, 0.4) is 0 Å². The minimum atomic E-state index is 0.441. The lowest BCUT2D eigenvalue weighted by Crippen LogP contribution is -2.07. The van der Waals surface area contributed by atoms with Gasteiger partial charge in [-0.05, 0) is 34.9 Å². The zero-order valence-corrected chi connectivity index (χ0v) is 18.2. The average Bonchev–Trinajstić information content (AvgIpc) is 2.86. The van der Waals surface area contributed by atoms with E-state index in [0.29, 0.717) is 19.8 Å². The second-order valence-electron chi connectivity index (χ2n) is 7.43. The number of benzene rings is 4. The molecule has 0 aliphatic heterocycles. The Bertz CT molecular complexity index is 939. The molecule has 0 spiro atoms. The van der Waals surface area contributed by atoms with Gasteiger partial charge in [0, 0.05) is 0 Å². The summed E-state index contributed by atoms with van der Waals surface area (Å²) in [6.07, 6.45) is 0. The Labute approximate surface area is 194 Å². The first-order valence-electron chi connectivity index (χ1n) is 10.8. The van der Waals surface area contributed by atoms with Gasteiger partial charge in [-0.1, -0.05) is 91.0 Å². The minimum Gasteiger partial charge on any atom is -0.271 e. The highest BCUT2D eigenvalue weighted by Crippen LogP contribution is 2.24. The molecule has 6 nitrogen and oxygen atoms in total. The molecule has 6 heteroatoms. The lowest BCUT2D eigenvalue weighted by Gasteiger charge is -2.14. The molecular weight excluding hydrogens is 414 g/mol. The van der Waals surface area contributed by atoms with Crippen LogP contribution in [-0.4, -0.2) is 0 Å². The maximum atomic E-state index is 5.68. The van der Waals surface area contributed by atoms with E-state index in [4.69, 9.17) is 14.5 Å². The molecule has 0 aliphatic carbocycles. The first kappa shape index (κ1) is 22.4. The van der Waals surface area contributed by atoms with Crippen molar-refractivity contribution in [2.75, 3.05) is 16.4 Å². The van der Waals surface area contributed by atoms with Gasteiger partial charge in [0.25, 0.3) is 0 Å². The van der Waals surface area contributed by atoms with E-state index >= 15 is 0 Å². The summed E-state index contributed by atoms with van der Waals surface area (Å²) >= 11 is 0. The third kappa shape index (κ3) is 7.66. The summed E-state index contributed by atoms with van der Waals surface area (Å²) in [7, 11) is 0.